The smallest absolute Gasteiger partial charge is 0.0311 e. The van der Waals surface area contributed by atoms with E-state index in [1.165, 1.54) is 11.1 Å². The average molecular weight is 181 g/mol. The van der Waals surface area contributed by atoms with Crippen molar-refractivity contribution in [1.82, 2.24) is 4.98 Å². The molecule has 0 spiro atoms. The number of aromatic nitrogens is 1. The Hall–Kier alpha value is -0.500. The van der Waals surface area contributed by atoms with Crippen LogP contribution in [0, 0.1) is 0 Å². The van der Waals surface area contributed by atoms with Gasteiger partial charge in [0.05, 0.1) is 0 Å². The summed E-state index contributed by atoms with van der Waals surface area (Å²) in [5.74, 6) is 0.546. The molecule has 1 unspecified atom stereocenters. The van der Waals surface area contributed by atoms with E-state index in [4.69, 9.17) is 0 Å². The van der Waals surface area contributed by atoms with Crippen LogP contribution in [0.15, 0.2) is 18.5 Å². The third-order valence-electron chi connectivity index (χ3n) is 1.93. The number of pyridine rings is 1. The fourth-order valence-electron chi connectivity index (χ4n) is 1.02. The van der Waals surface area contributed by atoms with E-state index in [2.05, 4.69) is 44.5 Å². The third-order valence-corrected chi connectivity index (χ3v) is 2.23. The van der Waals surface area contributed by atoms with Gasteiger partial charge < -0.3 is 0 Å². The molecule has 0 saturated carbocycles. The molecule has 1 rings (SSSR count). The molecule has 1 nitrogen and oxygen atoms in total. The van der Waals surface area contributed by atoms with Gasteiger partial charge in [0.25, 0.3) is 0 Å². The molecule has 1 aromatic rings. The monoisotopic (exact) mass is 181 g/mol. The number of nitrogens with zero attached hydrogens (tertiary/aromatic N) is 1. The summed E-state index contributed by atoms with van der Waals surface area (Å²) in [6.07, 6.45) is 3.80. The second kappa shape index (κ2) is 3.94. The summed E-state index contributed by atoms with van der Waals surface area (Å²) in [4.78, 5) is 4.18. The molecule has 0 saturated heterocycles. The van der Waals surface area contributed by atoms with Gasteiger partial charge in [0.15, 0.2) is 0 Å². The predicted molar refractivity (Wildman–Crippen MR) is 55.7 cm³/mol. The molecule has 0 aliphatic heterocycles. The van der Waals surface area contributed by atoms with Crippen molar-refractivity contribution in [3.63, 3.8) is 0 Å². The molecule has 0 fully saturated rings. The van der Waals surface area contributed by atoms with E-state index < -0.39 is 0 Å². The number of hydrogen-bond donors (Lipinski definition) is 1. The van der Waals surface area contributed by atoms with E-state index in [-0.39, 0.29) is 5.25 Å². The molecule has 0 N–H and O–H groups in total. The van der Waals surface area contributed by atoms with Crippen LogP contribution < -0.4 is 0 Å². The Morgan fingerprint density at radius 3 is 2.25 bits per heavy atom. The number of rotatable bonds is 2. The van der Waals surface area contributed by atoms with Crippen LogP contribution in [0.1, 0.15) is 43.1 Å². The summed E-state index contributed by atoms with van der Waals surface area (Å²) in [5, 5.41) is 0.274. The largest absolute Gasteiger partial charge is 0.264 e. The van der Waals surface area contributed by atoms with Crippen molar-refractivity contribution in [2.75, 3.05) is 0 Å². The summed E-state index contributed by atoms with van der Waals surface area (Å²) in [7, 11) is 0. The fourth-order valence-corrected chi connectivity index (χ4v) is 1.16. The van der Waals surface area contributed by atoms with Crippen LogP contribution >= 0.6 is 12.6 Å². The quantitative estimate of drug-likeness (QED) is 0.691. The van der Waals surface area contributed by atoms with Crippen molar-refractivity contribution in [2.24, 2.45) is 0 Å². The molecule has 0 aliphatic rings. The lowest BCUT2D eigenvalue weighted by Crippen LogP contribution is -1.93. The molecule has 2 heteroatoms. The second-order valence-electron chi connectivity index (χ2n) is 3.38. The van der Waals surface area contributed by atoms with Crippen LogP contribution in [0.5, 0.6) is 0 Å². The van der Waals surface area contributed by atoms with Gasteiger partial charge in [0.2, 0.25) is 0 Å². The van der Waals surface area contributed by atoms with E-state index in [9.17, 15) is 0 Å². The van der Waals surface area contributed by atoms with Crippen molar-refractivity contribution in [3.05, 3.63) is 29.6 Å². The summed E-state index contributed by atoms with van der Waals surface area (Å²) in [6.45, 7) is 6.40. The average Bonchev–Trinajstić information content (AvgIpc) is 2.04. The van der Waals surface area contributed by atoms with Crippen molar-refractivity contribution < 1.29 is 0 Å². The van der Waals surface area contributed by atoms with E-state index >= 15 is 0 Å². The first-order valence-corrected chi connectivity index (χ1v) is 4.76. The fraction of sp³-hybridized carbons (Fsp3) is 0.500. The van der Waals surface area contributed by atoms with Gasteiger partial charge in [0, 0.05) is 17.6 Å². The molecular weight excluding hydrogens is 166 g/mol. The van der Waals surface area contributed by atoms with E-state index in [1.54, 1.807) is 0 Å². The van der Waals surface area contributed by atoms with Crippen LogP contribution in [0.3, 0.4) is 0 Å². The highest BCUT2D eigenvalue weighted by Crippen LogP contribution is 2.21. The van der Waals surface area contributed by atoms with E-state index in [0.717, 1.165) is 0 Å². The van der Waals surface area contributed by atoms with Gasteiger partial charge in [-0.2, -0.15) is 12.6 Å². The Morgan fingerprint density at radius 1 is 1.17 bits per heavy atom. The summed E-state index contributed by atoms with van der Waals surface area (Å²) in [6, 6.07) is 2.18. The Morgan fingerprint density at radius 2 is 1.75 bits per heavy atom. The normalized spacial score (nSPS) is 13.4. The van der Waals surface area contributed by atoms with Crippen molar-refractivity contribution in [1.29, 1.82) is 0 Å². The van der Waals surface area contributed by atoms with Crippen molar-refractivity contribution in [2.45, 2.75) is 31.9 Å². The van der Waals surface area contributed by atoms with Gasteiger partial charge in [0.1, 0.15) is 0 Å². The Bertz CT molecular complexity index is 233. The highest BCUT2D eigenvalue weighted by Gasteiger charge is 2.03. The molecular formula is C10H15NS. The van der Waals surface area contributed by atoms with Gasteiger partial charge in [-0.15, -0.1) is 0 Å². The lowest BCUT2D eigenvalue weighted by Gasteiger charge is -2.08. The lowest BCUT2D eigenvalue weighted by molar-refractivity contribution is 0.851. The highest BCUT2D eigenvalue weighted by atomic mass is 32.1. The van der Waals surface area contributed by atoms with Crippen molar-refractivity contribution >= 4 is 12.6 Å². The molecule has 0 aliphatic carbocycles. The molecule has 66 valence electrons. The minimum absolute atomic E-state index is 0.274. The minimum Gasteiger partial charge on any atom is -0.264 e. The lowest BCUT2D eigenvalue weighted by atomic mass is 10.0. The van der Waals surface area contributed by atoms with Crippen LogP contribution in [-0.4, -0.2) is 4.98 Å². The van der Waals surface area contributed by atoms with E-state index in [0.29, 0.717) is 5.92 Å². The van der Waals surface area contributed by atoms with Crippen LogP contribution in [0.4, 0.5) is 0 Å². The predicted octanol–water partition coefficient (Wildman–Crippen LogP) is 3.20. The van der Waals surface area contributed by atoms with Crippen LogP contribution in [0.25, 0.3) is 0 Å². The Balaban J connectivity index is 2.96. The summed E-state index contributed by atoms with van der Waals surface area (Å²) in [5.41, 5.74) is 2.48. The molecule has 0 amide bonds. The molecule has 0 bridgehead atoms. The molecule has 1 heterocycles. The number of thiol groups is 1. The maximum absolute atomic E-state index is 4.36. The third kappa shape index (κ3) is 2.24. The zero-order valence-corrected chi connectivity index (χ0v) is 8.68. The highest BCUT2D eigenvalue weighted by molar-refractivity contribution is 7.80. The SMILES string of the molecule is CC(C)c1cncc(C(C)S)c1. The molecule has 1 atom stereocenters. The van der Waals surface area contributed by atoms with Crippen molar-refractivity contribution in [3.8, 4) is 0 Å². The van der Waals surface area contributed by atoms with Gasteiger partial charge in [-0.1, -0.05) is 19.9 Å². The second-order valence-corrected chi connectivity index (χ2v) is 4.16. The first-order valence-electron chi connectivity index (χ1n) is 4.24. The maximum atomic E-state index is 4.36. The molecule has 12 heavy (non-hydrogen) atoms. The van der Waals surface area contributed by atoms with E-state index in [1.807, 2.05) is 12.4 Å². The summed E-state index contributed by atoms with van der Waals surface area (Å²) >= 11 is 4.36. The summed E-state index contributed by atoms with van der Waals surface area (Å²) < 4.78 is 0. The standard InChI is InChI=1S/C10H15NS/c1-7(2)9-4-10(8(3)12)6-11-5-9/h4-8,12H,1-3H3. The first kappa shape index (κ1) is 9.59. The van der Waals surface area contributed by atoms with Gasteiger partial charge >= 0.3 is 0 Å². The topological polar surface area (TPSA) is 12.9 Å². The molecule has 0 radical (unpaired) electrons. The maximum Gasteiger partial charge on any atom is 0.0311 e. The first-order chi connectivity index (χ1) is 5.61. The van der Waals surface area contributed by atoms with Gasteiger partial charge in [-0.3, -0.25) is 4.98 Å². The van der Waals surface area contributed by atoms with Crippen LogP contribution in [0.2, 0.25) is 0 Å². The van der Waals surface area contributed by atoms with Gasteiger partial charge in [-0.25, -0.2) is 0 Å². The zero-order valence-electron chi connectivity index (χ0n) is 7.78. The Labute approximate surface area is 79.6 Å². The zero-order chi connectivity index (χ0) is 9.14. The molecule has 0 aromatic carbocycles. The number of hydrogen-bond acceptors (Lipinski definition) is 2. The Kier molecular flexibility index (Phi) is 3.15. The van der Waals surface area contributed by atoms with Crippen LogP contribution in [-0.2, 0) is 0 Å². The minimum atomic E-state index is 0.274. The van der Waals surface area contributed by atoms with Gasteiger partial charge in [-0.05, 0) is 24.0 Å². The molecule has 1 aromatic heterocycles.